The van der Waals surface area contributed by atoms with Gasteiger partial charge in [-0.15, -0.1) is 0 Å². The first kappa shape index (κ1) is 16.9. The van der Waals surface area contributed by atoms with E-state index in [1.165, 1.54) is 0 Å². The van der Waals surface area contributed by atoms with Crippen LogP contribution in [0.2, 0.25) is 0 Å². The molecular formula is C13H26N2O3. The van der Waals surface area contributed by atoms with E-state index >= 15 is 0 Å². The van der Waals surface area contributed by atoms with Crippen LogP contribution in [0.3, 0.4) is 0 Å². The summed E-state index contributed by atoms with van der Waals surface area (Å²) >= 11 is 0. The number of hydrogen-bond donors (Lipinski definition) is 2. The van der Waals surface area contributed by atoms with E-state index < -0.39 is 12.0 Å². The van der Waals surface area contributed by atoms with E-state index in [9.17, 15) is 9.59 Å². The van der Waals surface area contributed by atoms with E-state index in [1.54, 1.807) is 13.8 Å². The van der Waals surface area contributed by atoms with Crippen molar-refractivity contribution in [2.75, 3.05) is 13.2 Å². The first-order valence-corrected chi connectivity index (χ1v) is 6.56. The molecule has 106 valence electrons. The molecule has 0 aromatic carbocycles. The van der Waals surface area contributed by atoms with Crippen molar-refractivity contribution in [1.82, 2.24) is 5.32 Å². The average molecular weight is 258 g/mol. The van der Waals surface area contributed by atoms with Crippen LogP contribution in [0.1, 0.15) is 40.5 Å². The number of carbonyl (C=O) groups excluding carboxylic acids is 2. The Balaban J connectivity index is 4.11. The van der Waals surface area contributed by atoms with Crippen LogP contribution in [0.15, 0.2) is 0 Å². The van der Waals surface area contributed by atoms with Crippen molar-refractivity contribution in [3.05, 3.63) is 0 Å². The predicted octanol–water partition coefficient (Wildman–Crippen LogP) is 1.07. The molecule has 0 rings (SSSR count). The van der Waals surface area contributed by atoms with Gasteiger partial charge in [0.1, 0.15) is 6.04 Å². The van der Waals surface area contributed by atoms with Gasteiger partial charge in [0.2, 0.25) is 5.91 Å². The normalized spacial score (nSPS) is 14.1. The zero-order chi connectivity index (χ0) is 14.1. The summed E-state index contributed by atoms with van der Waals surface area (Å²) < 4.78 is 4.82. The summed E-state index contributed by atoms with van der Waals surface area (Å²) in [5.41, 5.74) is 5.64. The third-order valence-corrected chi connectivity index (χ3v) is 2.63. The molecular weight excluding hydrogens is 232 g/mol. The summed E-state index contributed by atoms with van der Waals surface area (Å²) in [7, 11) is 0. The van der Waals surface area contributed by atoms with Gasteiger partial charge >= 0.3 is 5.97 Å². The van der Waals surface area contributed by atoms with Gasteiger partial charge in [0.25, 0.3) is 0 Å². The van der Waals surface area contributed by atoms with Gasteiger partial charge in [-0.3, -0.25) is 4.79 Å². The van der Waals surface area contributed by atoms with Gasteiger partial charge in [-0.1, -0.05) is 13.8 Å². The molecule has 0 bridgehead atoms. The Bertz CT molecular complexity index is 267. The molecule has 2 atom stereocenters. The number of nitrogens with one attached hydrogen (secondary N) is 1. The Kier molecular flexibility index (Phi) is 8.37. The Morgan fingerprint density at radius 3 is 2.33 bits per heavy atom. The highest BCUT2D eigenvalue weighted by Crippen LogP contribution is 2.14. The topological polar surface area (TPSA) is 81.4 Å². The maximum absolute atomic E-state index is 11.7. The maximum Gasteiger partial charge on any atom is 0.328 e. The van der Waals surface area contributed by atoms with Crippen molar-refractivity contribution in [2.24, 2.45) is 17.6 Å². The van der Waals surface area contributed by atoms with E-state index in [2.05, 4.69) is 19.2 Å². The van der Waals surface area contributed by atoms with Gasteiger partial charge in [0.15, 0.2) is 0 Å². The maximum atomic E-state index is 11.7. The number of ether oxygens (including phenoxy) is 1. The second kappa shape index (κ2) is 8.91. The molecule has 0 aliphatic rings. The molecule has 0 aromatic rings. The van der Waals surface area contributed by atoms with E-state index in [4.69, 9.17) is 10.5 Å². The highest BCUT2D eigenvalue weighted by molar-refractivity contribution is 5.84. The second-order valence-electron chi connectivity index (χ2n) is 4.98. The fraction of sp³-hybridized carbons (Fsp3) is 0.846. The third kappa shape index (κ3) is 7.27. The Morgan fingerprint density at radius 1 is 1.28 bits per heavy atom. The fourth-order valence-electron chi connectivity index (χ4n) is 1.82. The SMILES string of the molecule is CCOC(=O)C(C)NC(=O)CC(CN)CC(C)C. The second-order valence-corrected chi connectivity index (χ2v) is 4.98. The van der Waals surface area contributed by atoms with Crippen molar-refractivity contribution in [3.8, 4) is 0 Å². The molecule has 0 saturated carbocycles. The Labute approximate surface area is 109 Å². The quantitative estimate of drug-likeness (QED) is 0.638. The number of nitrogens with two attached hydrogens (primary N) is 1. The van der Waals surface area contributed by atoms with E-state index in [-0.39, 0.29) is 11.8 Å². The van der Waals surface area contributed by atoms with Gasteiger partial charge in [-0.2, -0.15) is 0 Å². The summed E-state index contributed by atoms with van der Waals surface area (Å²) in [4.78, 5) is 23.1. The van der Waals surface area contributed by atoms with Gasteiger partial charge in [-0.25, -0.2) is 4.79 Å². The molecule has 2 unspecified atom stereocenters. The first-order chi connectivity index (χ1) is 8.40. The van der Waals surface area contributed by atoms with Crippen LogP contribution in [0.25, 0.3) is 0 Å². The summed E-state index contributed by atoms with van der Waals surface area (Å²) in [6.07, 6.45) is 1.27. The lowest BCUT2D eigenvalue weighted by Gasteiger charge is -2.18. The van der Waals surface area contributed by atoms with Gasteiger partial charge < -0.3 is 15.8 Å². The molecule has 5 nitrogen and oxygen atoms in total. The van der Waals surface area contributed by atoms with E-state index in [0.29, 0.717) is 25.5 Å². The van der Waals surface area contributed by atoms with Crippen molar-refractivity contribution in [2.45, 2.75) is 46.6 Å². The molecule has 5 heteroatoms. The molecule has 1 amide bonds. The van der Waals surface area contributed by atoms with Crippen LogP contribution >= 0.6 is 0 Å². The largest absolute Gasteiger partial charge is 0.464 e. The van der Waals surface area contributed by atoms with E-state index in [1.807, 2.05) is 0 Å². The minimum atomic E-state index is -0.602. The molecule has 0 heterocycles. The molecule has 0 aromatic heterocycles. The highest BCUT2D eigenvalue weighted by Gasteiger charge is 2.19. The number of hydrogen-bond acceptors (Lipinski definition) is 4. The van der Waals surface area contributed by atoms with Crippen molar-refractivity contribution in [3.63, 3.8) is 0 Å². The molecule has 0 radical (unpaired) electrons. The Hall–Kier alpha value is -1.10. The number of amides is 1. The third-order valence-electron chi connectivity index (χ3n) is 2.63. The molecule has 0 fully saturated rings. The van der Waals surface area contributed by atoms with Gasteiger partial charge in [-0.05, 0) is 38.6 Å². The summed E-state index contributed by atoms with van der Waals surface area (Å²) in [5, 5.41) is 2.63. The molecule has 0 saturated heterocycles. The smallest absolute Gasteiger partial charge is 0.328 e. The minimum absolute atomic E-state index is 0.147. The predicted molar refractivity (Wildman–Crippen MR) is 70.9 cm³/mol. The van der Waals surface area contributed by atoms with Crippen LogP contribution < -0.4 is 11.1 Å². The van der Waals surface area contributed by atoms with Crippen molar-refractivity contribution < 1.29 is 14.3 Å². The summed E-state index contributed by atoms with van der Waals surface area (Å²) in [6.45, 7) is 8.36. The minimum Gasteiger partial charge on any atom is -0.464 e. The zero-order valence-electron chi connectivity index (χ0n) is 11.9. The Morgan fingerprint density at radius 2 is 1.89 bits per heavy atom. The monoisotopic (exact) mass is 258 g/mol. The molecule has 0 aliphatic carbocycles. The first-order valence-electron chi connectivity index (χ1n) is 6.56. The molecule has 0 aliphatic heterocycles. The lowest BCUT2D eigenvalue weighted by molar-refractivity contribution is -0.147. The number of rotatable bonds is 8. The average Bonchev–Trinajstić information content (AvgIpc) is 2.27. The van der Waals surface area contributed by atoms with Crippen LogP contribution in [-0.2, 0) is 14.3 Å². The van der Waals surface area contributed by atoms with Crippen molar-refractivity contribution in [1.29, 1.82) is 0 Å². The van der Waals surface area contributed by atoms with E-state index in [0.717, 1.165) is 6.42 Å². The number of carbonyl (C=O) groups is 2. The zero-order valence-corrected chi connectivity index (χ0v) is 11.9. The summed E-state index contributed by atoms with van der Waals surface area (Å²) in [5.74, 6) is 0.124. The summed E-state index contributed by atoms with van der Waals surface area (Å²) in [6, 6.07) is -0.602. The van der Waals surface area contributed by atoms with Gasteiger partial charge in [0, 0.05) is 6.42 Å². The lowest BCUT2D eigenvalue weighted by Crippen LogP contribution is -2.40. The lowest BCUT2D eigenvalue weighted by atomic mass is 9.94. The van der Waals surface area contributed by atoms with Crippen molar-refractivity contribution >= 4 is 11.9 Å². The molecule has 18 heavy (non-hydrogen) atoms. The number of esters is 1. The van der Waals surface area contributed by atoms with Crippen LogP contribution in [0.4, 0.5) is 0 Å². The highest BCUT2D eigenvalue weighted by atomic mass is 16.5. The van der Waals surface area contributed by atoms with Crippen LogP contribution in [0.5, 0.6) is 0 Å². The van der Waals surface area contributed by atoms with Crippen LogP contribution in [0, 0.1) is 11.8 Å². The molecule has 3 N–H and O–H groups in total. The van der Waals surface area contributed by atoms with Gasteiger partial charge in [0.05, 0.1) is 6.61 Å². The van der Waals surface area contributed by atoms with Crippen LogP contribution in [-0.4, -0.2) is 31.1 Å². The molecule has 0 spiro atoms. The standard InChI is InChI=1S/C13H26N2O3/c1-5-18-13(17)10(4)15-12(16)7-11(8-14)6-9(2)3/h9-11H,5-8,14H2,1-4H3,(H,15,16). The fourth-order valence-corrected chi connectivity index (χ4v) is 1.82.